The van der Waals surface area contributed by atoms with Gasteiger partial charge in [0.15, 0.2) is 5.82 Å². The molecule has 1 fully saturated rings. The number of ether oxygens (including phenoxy) is 2. The van der Waals surface area contributed by atoms with Crippen LogP contribution in [0.5, 0.6) is 11.6 Å². The minimum atomic E-state index is -1.40. The van der Waals surface area contributed by atoms with E-state index in [9.17, 15) is 4.79 Å². The number of aromatic nitrogens is 2. The van der Waals surface area contributed by atoms with E-state index in [0.717, 1.165) is 24.8 Å². The molecular formula is C17H17ClN2O4. The molecule has 2 aromatic rings. The molecule has 1 aromatic carbocycles. The van der Waals surface area contributed by atoms with Gasteiger partial charge in [0, 0.05) is 16.5 Å². The van der Waals surface area contributed by atoms with Crippen LogP contribution in [0.1, 0.15) is 37.8 Å². The van der Waals surface area contributed by atoms with Gasteiger partial charge in [0.25, 0.3) is 5.88 Å². The third kappa shape index (κ3) is 3.76. The van der Waals surface area contributed by atoms with Crippen LogP contribution in [0.25, 0.3) is 11.4 Å². The molecule has 0 radical (unpaired) electrons. The molecule has 0 unspecified atom stereocenters. The fraction of sp³-hybridized carbons (Fsp3) is 0.353. The Hall–Kier alpha value is -2.34. The SMILES string of the molecule is CCCOc1nc(-c2ccc(Cl)cc2)nc(C2CC2)c1OC(=O)O. The van der Waals surface area contributed by atoms with E-state index in [1.807, 2.05) is 19.1 Å². The van der Waals surface area contributed by atoms with Crippen molar-refractivity contribution in [2.75, 3.05) is 6.61 Å². The number of hydrogen-bond acceptors (Lipinski definition) is 5. The Morgan fingerprint density at radius 2 is 2.00 bits per heavy atom. The Morgan fingerprint density at radius 1 is 1.29 bits per heavy atom. The zero-order chi connectivity index (χ0) is 17.1. The molecule has 24 heavy (non-hydrogen) atoms. The van der Waals surface area contributed by atoms with Gasteiger partial charge in [-0.3, -0.25) is 0 Å². The van der Waals surface area contributed by atoms with E-state index in [-0.39, 0.29) is 17.5 Å². The van der Waals surface area contributed by atoms with E-state index >= 15 is 0 Å². The Labute approximate surface area is 144 Å². The van der Waals surface area contributed by atoms with E-state index in [0.29, 0.717) is 23.1 Å². The zero-order valence-electron chi connectivity index (χ0n) is 13.2. The smallest absolute Gasteiger partial charge is 0.475 e. The van der Waals surface area contributed by atoms with E-state index in [1.54, 1.807) is 12.1 Å². The van der Waals surface area contributed by atoms with Crippen molar-refractivity contribution in [3.05, 3.63) is 35.0 Å². The Bertz CT molecular complexity index is 745. The van der Waals surface area contributed by atoms with Gasteiger partial charge >= 0.3 is 6.16 Å². The number of nitrogens with zero attached hydrogens (tertiary/aromatic N) is 2. The number of carboxylic acid groups (broad SMARTS) is 1. The van der Waals surface area contributed by atoms with Gasteiger partial charge in [-0.15, -0.1) is 0 Å². The lowest BCUT2D eigenvalue weighted by Crippen LogP contribution is -2.11. The number of rotatable bonds is 6. The van der Waals surface area contributed by atoms with E-state index in [4.69, 9.17) is 26.2 Å². The molecule has 1 heterocycles. The molecule has 0 saturated heterocycles. The molecule has 0 amide bonds. The monoisotopic (exact) mass is 348 g/mol. The molecule has 1 saturated carbocycles. The molecule has 1 aliphatic carbocycles. The van der Waals surface area contributed by atoms with Crippen molar-refractivity contribution < 1.29 is 19.4 Å². The first-order chi connectivity index (χ1) is 11.6. The molecule has 1 aromatic heterocycles. The Morgan fingerprint density at radius 3 is 2.58 bits per heavy atom. The van der Waals surface area contributed by atoms with Crippen molar-refractivity contribution in [2.45, 2.75) is 32.1 Å². The second kappa shape index (κ2) is 7.05. The summed E-state index contributed by atoms with van der Waals surface area (Å²) >= 11 is 5.92. The zero-order valence-corrected chi connectivity index (χ0v) is 13.9. The van der Waals surface area contributed by atoms with Crippen molar-refractivity contribution in [1.82, 2.24) is 9.97 Å². The quantitative estimate of drug-likeness (QED) is 0.773. The number of hydrogen-bond donors (Lipinski definition) is 1. The maximum atomic E-state index is 11.0. The number of carbonyl (C=O) groups is 1. The summed E-state index contributed by atoms with van der Waals surface area (Å²) in [5, 5.41) is 9.63. The molecule has 0 bridgehead atoms. The topological polar surface area (TPSA) is 81.5 Å². The van der Waals surface area contributed by atoms with E-state index < -0.39 is 6.16 Å². The maximum absolute atomic E-state index is 11.0. The summed E-state index contributed by atoms with van der Waals surface area (Å²) in [5.74, 6) is 0.923. The van der Waals surface area contributed by atoms with Crippen LogP contribution in [0.4, 0.5) is 4.79 Å². The van der Waals surface area contributed by atoms with Gasteiger partial charge in [-0.2, -0.15) is 4.98 Å². The second-order valence-electron chi connectivity index (χ2n) is 5.56. The normalized spacial score (nSPS) is 13.6. The molecule has 1 N–H and O–H groups in total. The summed E-state index contributed by atoms with van der Waals surface area (Å²) in [4.78, 5) is 19.9. The summed E-state index contributed by atoms with van der Waals surface area (Å²) in [6.45, 7) is 2.37. The minimum absolute atomic E-state index is 0.108. The first kappa shape index (κ1) is 16.5. The largest absolute Gasteiger partial charge is 0.511 e. The fourth-order valence-corrected chi connectivity index (χ4v) is 2.41. The van der Waals surface area contributed by atoms with Gasteiger partial charge in [-0.1, -0.05) is 18.5 Å². The van der Waals surface area contributed by atoms with Crippen LogP contribution in [0, 0.1) is 0 Å². The molecule has 126 valence electrons. The predicted molar refractivity (Wildman–Crippen MR) is 88.9 cm³/mol. The molecule has 0 aliphatic heterocycles. The first-order valence-corrected chi connectivity index (χ1v) is 8.17. The molecule has 0 spiro atoms. The number of benzene rings is 1. The molecule has 7 heteroatoms. The first-order valence-electron chi connectivity index (χ1n) is 7.80. The molecule has 6 nitrogen and oxygen atoms in total. The van der Waals surface area contributed by atoms with Crippen LogP contribution in [0.15, 0.2) is 24.3 Å². The van der Waals surface area contributed by atoms with Crippen LogP contribution in [0.2, 0.25) is 5.02 Å². The van der Waals surface area contributed by atoms with Crippen molar-refractivity contribution in [3.8, 4) is 23.0 Å². The third-order valence-corrected chi connectivity index (χ3v) is 3.81. The van der Waals surface area contributed by atoms with Gasteiger partial charge in [0.1, 0.15) is 0 Å². The van der Waals surface area contributed by atoms with E-state index in [2.05, 4.69) is 9.97 Å². The van der Waals surface area contributed by atoms with Crippen LogP contribution < -0.4 is 9.47 Å². The standard InChI is InChI=1S/C17H17ClN2O4/c1-2-9-23-16-14(24-17(21)22)13(10-3-4-10)19-15(20-16)11-5-7-12(18)8-6-11/h5-8,10H,2-4,9H2,1H3,(H,21,22). The lowest BCUT2D eigenvalue weighted by molar-refractivity contribution is 0.140. The van der Waals surface area contributed by atoms with Crippen LogP contribution >= 0.6 is 11.6 Å². The fourth-order valence-electron chi connectivity index (χ4n) is 2.29. The van der Waals surface area contributed by atoms with E-state index in [1.165, 1.54) is 0 Å². The third-order valence-electron chi connectivity index (χ3n) is 3.56. The van der Waals surface area contributed by atoms with Crippen molar-refractivity contribution in [3.63, 3.8) is 0 Å². The van der Waals surface area contributed by atoms with Gasteiger partial charge in [0.05, 0.1) is 12.3 Å². The summed E-state index contributed by atoms with van der Waals surface area (Å²) in [6, 6.07) is 7.14. The lowest BCUT2D eigenvalue weighted by Gasteiger charge is -2.14. The highest BCUT2D eigenvalue weighted by Crippen LogP contribution is 2.46. The highest BCUT2D eigenvalue weighted by molar-refractivity contribution is 6.30. The summed E-state index contributed by atoms with van der Waals surface area (Å²) in [7, 11) is 0. The van der Waals surface area contributed by atoms with Crippen LogP contribution in [-0.2, 0) is 0 Å². The molecule has 0 atom stereocenters. The second-order valence-corrected chi connectivity index (χ2v) is 6.00. The predicted octanol–water partition coefficient (Wildman–Crippen LogP) is 4.52. The lowest BCUT2D eigenvalue weighted by atomic mass is 10.2. The van der Waals surface area contributed by atoms with Crippen molar-refractivity contribution in [2.24, 2.45) is 0 Å². The average molecular weight is 349 g/mol. The van der Waals surface area contributed by atoms with Gasteiger partial charge in [0.2, 0.25) is 5.75 Å². The molecule has 3 rings (SSSR count). The summed E-state index contributed by atoms with van der Waals surface area (Å²) in [6.07, 6.45) is 1.26. The minimum Gasteiger partial charge on any atom is -0.475 e. The Balaban J connectivity index is 2.08. The average Bonchev–Trinajstić information content (AvgIpc) is 3.39. The van der Waals surface area contributed by atoms with Crippen LogP contribution in [-0.4, -0.2) is 27.8 Å². The summed E-state index contributed by atoms with van der Waals surface area (Å²) < 4.78 is 10.6. The number of halogens is 1. The molecule has 1 aliphatic rings. The van der Waals surface area contributed by atoms with Gasteiger partial charge in [-0.05, 0) is 43.5 Å². The van der Waals surface area contributed by atoms with Crippen molar-refractivity contribution >= 4 is 17.8 Å². The highest BCUT2D eigenvalue weighted by atomic mass is 35.5. The van der Waals surface area contributed by atoms with Gasteiger partial charge < -0.3 is 14.6 Å². The molecular weight excluding hydrogens is 332 g/mol. The Kier molecular flexibility index (Phi) is 4.85. The highest BCUT2D eigenvalue weighted by Gasteiger charge is 2.33. The summed E-state index contributed by atoms with van der Waals surface area (Å²) in [5.41, 5.74) is 1.37. The maximum Gasteiger partial charge on any atom is 0.511 e. The van der Waals surface area contributed by atoms with Gasteiger partial charge in [-0.25, -0.2) is 9.78 Å². The van der Waals surface area contributed by atoms with Crippen LogP contribution in [0.3, 0.4) is 0 Å². The van der Waals surface area contributed by atoms with Crippen molar-refractivity contribution in [1.29, 1.82) is 0 Å².